The van der Waals surface area contributed by atoms with Gasteiger partial charge in [0.25, 0.3) is 5.91 Å². The molecule has 1 aromatic rings. The van der Waals surface area contributed by atoms with E-state index in [1.54, 1.807) is 12.1 Å². The van der Waals surface area contributed by atoms with Gasteiger partial charge in [0, 0.05) is 6.54 Å². The number of hydrogen-bond donors (Lipinski definition) is 2. The first-order valence-electron chi connectivity index (χ1n) is 6.24. The van der Waals surface area contributed by atoms with Crippen LogP contribution in [0.15, 0.2) is 18.2 Å². The zero-order chi connectivity index (χ0) is 12.3. The van der Waals surface area contributed by atoms with E-state index in [9.17, 15) is 9.90 Å². The van der Waals surface area contributed by atoms with Crippen LogP contribution < -0.4 is 5.32 Å². The summed E-state index contributed by atoms with van der Waals surface area (Å²) < 4.78 is 0. The molecule has 2 rings (SSSR count). The van der Waals surface area contributed by atoms with E-state index >= 15 is 0 Å². The molecule has 92 valence electrons. The maximum Gasteiger partial charge on any atom is 0.255 e. The molecule has 1 saturated carbocycles. The van der Waals surface area contributed by atoms with Gasteiger partial charge in [0.15, 0.2) is 0 Å². The van der Waals surface area contributed by atoms with Gasteiger partial charge < -0.3 is 10.4 Å². The number of nitrogens with one attached hydrogen (secondary N) is 1. The first-order valence-corrected chi connectivity index (χ1v) is 6.24. The topological polar surface area (TPSA) is 49.3 Å². The molecule has 3 nitrogen and oxygen atoms in total. The minimum Gasteiger partial charge on any atom is -0.507 e. The van der Waals surface area contributed by atoms with Gasteiger partial charge in [-0.3, -0.25) is 4.79 Å². The Morgan fingerprint density at radius 3 is 2.82 bits per heavy atom. The van der Waals surface area contributed by atoms with Gasteiger partial charge in [-0.25, -0.2) is 0 Å². The van der Waals surface area contributed by atoms with Crippen LogP contribution in [0.3, 0.4) is 0 Å². The second-order valence-electron chi connectivity index (χ2n) is 4.86. The third kappa shape index (κ3) is 2.99. The number of amides is 1. The van der Waals surface area contributed by atoms with Crippen LogP contribution in [0.1, 0.15) is 41.6 Å². The zero-order valence-electron chi connectivity index (χ0n) is 10.2. The molecule has 0 unspecified atom stereocenters. The Kier molecular flexibility index (Phi) is 3.67. The van der Waals surface area contributed by atoms with Crippen LogP contribution in [0.4, 0.5) is 0 Å². The average Bonchev–Trinajstić information content (AvgIpc) is 2.21. The fourth-order valence-corrected chi connectivity index (χ4v) is 2.10. The summed E-state index contributed by atoms with van der Waals surface area (Å²) in [7, 11) is 0. The third-order valence-corrected chi connectivity index (χ3v) is 3.46. The Morgan fingerprint density at radius 2 is 2.24 bits per heavy atom. The minimum absolute atomic E-state index is 0.0612. The lowest BCUT2D eigenvalue weighted by atomic mass is 9.83. The molecule has 1 aliphatic rings. The maximum atomic E-state index is 11.8. The SMILES string of the molecule is Cc1ccc(C(=O)NCCC2CCC2)c(O)c1. The summed E-state index contributed by atoms with van der Waals surface area (Å²) in [5, 5.41) is 12.5. The van der Waals surface area contributed by atoms with Crippen LogP contribution in [-0.4, -0.2) is 17.6 Å². The van der Waals surface area contributed by atoms with Crippen LogP contribution in [0.5, 0.6) is 5.75 Å². The van der Waals surface area contributed by atoms with E-state index in [1.165, 1.54) is 19.3 Å². The van der Waals surface area contributed by atoms with Gasteiger partial charge in [0.1, 0.15) is 5.75 Å². The molecule has 3 heteroatoms. The summed E-state index contributed by atoms with van der Waals surface area (Å²) in [5.74, 6) is 0.676. The van der Waals surface area contributed by atoms with Gasteiger partial charge in [-0.05, 0) is 37.0 Å². The monoisotopic (exact) mass is 233 g/mol. The Bertz CT molecular complexity index is 411. The van der Waals surface area contributed by atoms with E-state index in [0.717, 1.165) is 17.9 Å². The fraction of sp³-hybridized carbons (Fsp3) is 0.500. The van der Waals surface area contributed by atoms with Gasteiger partial charge in [-0.2, -0.15) is 0 Å². The number of aromatic hydroxyl groups is 1. The molecule has 0 aliphatic heterocycles. The molecular formula is C14H19NO2. The largest absolute Gasteiger partial charge is 0.507 e. The number of carbonyl (C=O) groups excluding carboxylic acids is 1. The Labute approximate surface area is 102 Å². The highest BCUT2D eigenvalue weighted by Crippen LogP contribution is 2.28. The summed E-state index contributed by atoms with van der Waals surface area (Å²) >= 11 is 0. The first kappa shape index (κ1) is 12.0. The molecule has 0 aromatic heterocycles. The van der Waals surface area contributed by atoms with Gasteiger partial charge in [-0.1, -0.05) is 25.3 Å². The zero-order valence-corrected chi connectivity index (χ0v) is 10.2. The van der Waals surface area contributed by atoms with Gasteiger partial charge in [0.2, 0.25) is 0 Å². The van der Waals surface area contributed by atoms with Gasteiger partial charge in [0.05, 0.1) is 5.56 Å². The Hall–Kier alpha value is -1.51. The number of carbonyl (C=O) groups is 1. The van der Waals surface area contributed by atoms with E-state index in [4.69, 9.17) is 0 Å². The standard InChI is InChI=1S/C14H19NO2/c1-10-5-6-12(13(16)9-10)14(17)15-8-7-11-3-2-4-11/h5-6,9,11,16H,2-4,7-8H2,1H3,(H,15,17). The van der Waals surface area contributed by atoms with Crippen molar-refractivity contribution in [3.63, 3.8) is 0 Å². The Balaban J connectivity index is 1.85. The lowest BCUT2D eigenvalue weighted by molar-refractivity contribution is 0.0946. The predicted molar refractivity (Wildman–Crippen MR) is 67.1 cm³/mol. The van der Waals surface area contributed by atoms with Crippen molar-refractivity contribution < 1.29 is 9.90 Å². The van der Waals surface area contributed by atoms with E-state index in [0.29, 0.717) is 12.1 Å². The lowest BCUT2D eigenvalue weighted by Crippen LogP contribution is -2.27. The highest BCUT2D eigenvalue weighted by Gasteiger charge is 2.17. The van der Waals surface area contributed by atoms with E-state index in [-0.39, 0.29) is 11.7 Å². The van der Waals surface area contributed by atoms with Gasteiger partial charge in [-0.15, -0.1) is 0 Å². The van der Waals surface area contributed by atoms with Crippen molar-refractivity contribution in [3.05, 3.63) is 29.3 Å². The number of hydrogen-bond acceptors (Lipinski definition) is 2. The lowest BCUT2D eigenvalue weighted by Gasteiger charge is -2.25. The smallest absolute Gasteiger partial charge is 0.255 e. The summed E-state index contributed by atoms with van der Waals surface area (Å²) in [6, 6.07) is 5.12. The second kappa shape index (κ2) is 5.21. The van der Waals surface area contributed by atoms with Crippen molar-refractivity contribution >= 4 is 5.91 Å². The molecule has 0 heterocycles. The fourth-order valence-electron chi connectivity index (χ4n) is 2.10. The minimum atomic E-state index is -0.179. The summed E-state index contributed by atoms with van der Waals surface area (Å²) in [6.45, 7) is 2.59. The molecule has 0 atom stereocenters. The maximum absolute atomic E-state index is 11.8. The molecular weight excluding hydrogens is 214 g/mol. The van der Waals surface area contributed by atoms with Crippen LogP contribution >= 0.6 is 0 Å². The van der Waals surface area contributed by atoms with Crippen molar-refractivity contribution in [2.24, 2.45) is 5.92 Å². The van der Waals surface area contributed by atoms with Crippen molar-refractivity contribution in [1.82, 2.24) is 5.32 Å². The predicted octanol–water partition coefficient (Wildman–Crippen LogP) is 2.62. The van der Waals surface area contributed by atoms with Crippen LogP contribution in [0.25, 0.3) is 0 Å². The van der Waals surface area contributed by atoms with Crippen molar-refractivity contribution in [1.29, 1.82) is 0 Å². The number of phenols is 1. The Morgan fingerprint density at radius 1 is 1.47 bits per heavy atom. The van der Waals surface area contributed by atoms with Crippen LogP contribution in [0.2, 0.25) is 0 Å². The van der Waals surface area contributed by atoms with E-state index in [2.05, 4.69) is 5.32 Å². The molecule has 1 fully saturated rings. The molecule has 1 aromatic carbocycles. The molecule has 0 radical (unpaired) electrons. The molecule has 0 bridgehead atoms. The van der Waals surface area contributed by atoms with Crippen molar-refractivity contribution in [2.75, 3.05) is 6.54 Å². The number of benzene rings is 1. The second-order valence-corrected chi connectivity index (χ2v) is 4.86. The quantitative estimate of drug-likeness (QED) is 0.839. The molecule has 2 N–H and O–H groups in total. The van der Waals surface area contributed by atoms with Crippen molar-refractivity contribution in [2.45, 2.75) is 32.6 Å². The number of rotatable bonds is 4. The highest BCUT2D eigenvalue weighted by molar-refractivity contribution is 5.96. The summed E-state index contributed by atoms with van der Waals surface area (Å²) in [5.41, 5.74) is 1.32. The first-order chi connectivity index (χ1) is 8.16. The molecule has 17 heavy (non-hydrogen) atoms. The average molecular weight is 233 g/mol. The number of phenolic OH excluding ortho intramolecular Hbond substituents is 1. The van der Waals surface area contributed by atoms with Crippen LogP contribution in [-0.2, 0) is 0 Å². The molecule has 1 amide bonds. The van der Waals surface area contributed by atoms with Crippen molar-refractivity contribution in [3.8, 4) is 5.75 Å². The van der Waals surface area contributed by atoms with E-state index < -0.39 is 0 Å². The highest BCUT2D eigenvalue weighted by atomic mass is 16.3. The van der Waals surface area contributed by atoms with Crippen LogP contribution in [0, 0.1) is 12.8 Å². The third-order valence-electron chi connectivity index (χ3n) is 3.46. The molecule has 1 aliphatic carbocycles. The summed E-state index contributed by atoms with van der Waals surface area (Å²) in [6.07, 6.45) is 4.98. The molecule has 0 spiro atoms. The molecule has 0 saturated heterocycles. The van der Waals surface area contributed by atoms with E-state index in [1.807, 2.05) is 13.0 Å². The van der Waals surface area contributed by atoms with Gasteiger partial charge >= 0.3 is 0 Å². The summed E-state index contributed by atoms with van der Waals surface area (Å²) in [4.78, 5) is 11.8. The number of aryl methyl sites for hydroxylation is 1. The normalized spacial score (nSPS) is 15.4.